The minimum absolute atomic E-state index is 0.204. The second-order valence-electron chi connectivity index (χ2n) is 7.66. The Morgan fingerprint density at radius 3 is 2.46 bits per heavy atom. The van der Waals surface area contributed by atoms with Gasteiger partial charge in [0.15, 0.2) is 29.6 Å². The first-order chi connectivity index (χ1) is 17.7. The Hall–Kier alpha value is -3.81. The van der Waals surface area contributed by atoms with Crippen molar-refractivity contribution in [2.24, 2.45) is 5.73 Å². The van der Waals surface area contributed by atoms with E-state index in [-0.39, 0.29) is 29.4 Å². The molecule has 2 aromatic carbocycles. The van der Waals surface area contributed by atoms with E-state index in [1.807, 2.05) is 29.5 Å². The van der Waals surface area contributed by atoms with E-state index in [9.17, 15) is 19.2 Å². The number of halogens is 1. The van der Waals surface area contributed by atoms with Crippen molar-refractivity contribution in [1.29, 1.82) is 0 Å². The Kier molecular flexibility index (Phi) is 9.33. The molecule has 0 unspecified atom stereocenters. The highest BCUT2D eigenvalue weighted by atomic mass is 127. The standard InChI is InChI=1S/C25H26IN3O8/c1-4-8-36-18-7-6-15(12-19(18)35-5-2)29-24(32)16(23(31)28-25(29)33)9-14-10-17(26)22(20(11-14)34-3)37-13-21(27)30/h6-7,9-12H,4-5,8,13H2,1-3H3,(H2,27,30)(H,28,31,33)/b16-9+. The van der Waals surface area contributed by atoms with Gasteiger partial charge in [-0.2, -0.15) is 0 Å². The lowest BCUT2D eigenvalue weighted by molar-refractivity contribution is -0.123. The van der Waals surface area contributed by atoms with Crippen molar-refractivity contribution >= 4 is 58.1 Å². The fourth-order valence-electron chi connectivity index (χ4n) is 3.40. The molecule has 3 N–H and O–H groups in total. The van der Waals surface area contributed by atoms with Crippen molar-refractivity contribution in [3.05, 3.63) is 45.0 Å². The number of amides is 5. The smallest absolute Gasteiger partial charge is 0.335 e. The normalized spacial score (nSPS) is 14.4. The van der Waals surface area contributed by atoms with Crippen LogP contribution < -0.4 is 34.9 Å². The fourth-order valence-corrected chi connectivity index (χ4v) is 4.18. The highest BCUT2D eigenvalue weighted by Gasteiger charge is 2.37. The SMILES string of the molecule is CCCOc1ccc(N2C(=O)NC(=O)/C(=C\c3cc(I)c(OCC(N)=O)c(OC)c3)C2=O)cc1OCC. The van der Waals surface area contributed by atoms with Crippen LogP contribution in [0.1, 0.15) is 25.8 Å². The second-order valence-corrected chi connectivity index (χ2v) is 8.82. The fraction of sp³-hybridized carbons (Fsp3) is 0.280. The van der Waals surface area contributed by atoms with Crippen LogP contribution in [0, 0.1) is 3.57 Å². The number of barbiturate groups is 1. The molecule has 196 valence electrons. The monoisotopic (exact) mass is 623 g/mol. The van der Waals surface area contributed by atoms with E-state index in [1.54, 1.807) is 19.1 Å². The van der Waals surface area contributed by atoms with Gasteiger partial charge >= 0.3 is 6.03 Å². The van der Waals surface area contributed by atoms with Gasteiger partial charge in [0.25, 0.3) is 17.7 Å². The van der Waals surface area contributed by atoms with Crippen LogP contribution in [0.5, 0.6) is 23.0 Å². The number of primary amides is 1. The molecular formula is C25H26IN3O8. The van der Waals surface area contributed by atoms with Crippen molar-refractivity contribution in [2.45, 2.75) is 20.3 Å². The second kappa shape index (κ2) is 12.4. The van der Waals surface area contributed by atoms with Gasteiger partial charge in [0.1, 0.15) is 5.57 Å². The van der Waals surface area contributed by atoms with Gasteiger partial charge in [-0.3, -0.25) is 19.7 Å². The van der Waals surface area contributed by atoms with E-state index in [1.165, 1.54) is 31.4 Å². The van der Waals surface area contributed by atoms with E-state index in [4.69, 9.17) is 24.7 Å². The molecule has 0 atom stereocenters. The number of hydrogen-bond acceptors (Lipinski definition) is 8. The number of nitrogens with zero attached hydrogens (tertiary/aromatic N) is 1. The molecule has 3 rings (SSSR count). The lowest BCUT2D eigenvalue weighted by Crippen LogP contribution is -2.54. The van der Waals surface area contributed by atoms with Crippen LogP contribution in [-0.2, 0) is 14.4 Å². The molecule has 2 aromatic rings. The first-order valence-corrected chi connectivity index (χ1v) is 12.4. The van der Waals surface area contributed by atoms with Crippen molar-refractivity contribution in [3.8, 4) is 23.0 Å². The average Bonchev–Trinajstić information content (AvgIpc) is 2.85. The molecule has 0 bridgehead atoms. The Morgan fingerprint density at radius 2 is 1.81 bits per heavy atom. The van der Waals surface area contributed by atoms with E-state index in [0.29, 0.717) is 33.8 Å². The zero-order valence-electron chi connectivity index (χ0n) is 20.5. The summed E-state index contributed by atoms with van der Waals surface area (Å²) in [7, 11) is 1.40. The first kappa shape index (κ1) is 27.8. The van der Waals surface area contributed by atoms with E-state index < -0.39 is 23.8 Å². The van der Waals surface area contributed by atoms with E-state index in [2.05, 4.69) is 5.32 Å². The molecule has 0 saturated carbocycles. The first-order valence-electron chi connectivity index (χ1n) is 11.3. The van der Waals surface area contributed by atoms with Crippen LogP contribution in [0.4, 0.5) is 10.5 Å². The Labute approximate surface area is 227 Å². The van der Waals surface area contributed by atoms with Crippen molar-refractivity contribution in [1.82, 2.24) is 5.32 Å². The number of carbonyl (C=O) groups excluding carboxylic acids is 4. The van der Waals surface area contributed by atoms with Crippen LogP contribution in [0.2, 0.25) is 0 Å². The molecule has 1 heterocycles. The van der Waals surface area contributed by atoms with E-state index >= 15 is 0 Å². The van der Waals surface area contributed by atoms with Gasteiger partial charge in [-0.1, -0.05) is 6.92 Å². The predicted octanol–water partition coefficient (Wildman–Crippen LogP) is 3.02. The topological polar surface area (TPSA) is 146 Å². The number of urea groups is 1. The number of imide groups is 2. The third kappa shape index (κ3) is 6.50. The summed E-state index contributed by atoms with van der Waals surface area (Å²) in [4.78, 5) is 50.6. The number of rotatable bonds is 11. The summed E-state index contributed by atoms with van der Waals surface area (Å²) < 4.78 is 22.6. The molecular weight excluding hydrogens is 597 g/mol. The Bertz CT molecular complexity index is 1260. The summed E-state index contributed by atoms with van der Waals surface area (Å²) in [5.74, 6) is -0.930. The van der Waals surface area contributed by atoms with Crippen LogP contribution >= 0.6 is 22.6 Å². The predicted molar refractivity (Wildman–Crippen MR) is 143 cm³/mol. The molecule has 0 aliphatic carbocycles. The van der Waals surface area contributed by atoms with Crippen molar-refractivity contribution in [3.63, 3.8) is 0 Å². The zero-order valence-corrected chi connectivity index (χ0v) is 22.6. The van der Waals surface area contributed by atoms with Gasteiger partial charge in [0, 0.05) is 6.07 Å². The van der Waals surface area contributed by atoms with Crippen LogP contribution in [0.15, 0.2) is 35.9 Å². The number of hydrogen-bond donors (Lipinski definition) is 2. The molecule has 0 aromatic heterocycles. The summed E-state index contributed by atoms with van der Waals surface area (Å²) in [6.07, 6.45) is 2.13. The summed E-state index contributed by atoms with van der Waals surface area (Å²) in [6, 6.07) is 6.92. The summed E-state index contributed by atoms with van der Waals surface area (Å²) >= 11 is 1.96. The largest absolute Gasteiger partial charge is 0.493 e. The summed E-state index contributed by atoms with van der Waals surface area (Å²) in [6.45, 7) is 4.23. The highest BCUT2D eigenvalue weighted by Crippen LogP contribution is 2.36. The Balaban J connectivity index is 1.99. The number of carbonyl (C=O) groups is 4. The molecule has 12 heteroatoms. The number of methoxy groups -OCH3 is 1. The molecule has 1 saturated heterocycles. The molecule has 1 fully saturated rings. The molecule has 1 aliphatic heterocycles. The number of nitrogens with one attached hydrogen (secondary N) is 1. The molecule has 0 spiro atoms. The Morgan fingerprint density at radius 1 is 1.05 bits per heavy atom. The number of benzene rings is 2. The van der Waals surface area contributed by atoms with Crippen LogP contribution in [-0.4, -0.2) is 50.7 Å². The van der Waals surface area contributed by atoms with Gasteiger partial charge < -0.3 is 24.7 Å². The maximum absolute atomic E-state index is 13.4. The van der Waals surface area contributed by atoms with E-state index in [0.717, 1.165) is 11.3 Å². The van der Waals surface area contributed by atoms with Gasteiger partial charge in [0.05, 0.1) is 29.6 Å². The van der Waals surface area contributed by atoms with Gasteiger partial charge in [-0.25, -0.2) is 9.69 Å². The quantitative estimate of drug-likeness (QED) is 0.221. The summed E-state index contributed by atoms with van der Waals surface area (Å²) in [5, 5.41) is 2.19. The zero-order chi connectivity index (χ0) is 27.1. The average molecular weight is 623 g/mol. The third-order valence-electron chi connectivity index (χ3n) is 4.97. The lowest BCUT2D eigenvalue weighted by atomic mass is 10.1. The molecule has 37 heavy (non-hydrogen) atoms. The highest BCUT2D eigenvalue weighted by molar-refractivity contribution is 14.1. The lowest BCUT2D eigenvalue weighted by Gasteiger charge is -2.27. The maximum atomic E-state index is 13.4. The van der Waals surface area contributed by atoms with Gasteiger partial charge in [-0.15, -0.1) is 0 Å². The van der Waals surface area contributed by atoms with Gasteiger partial charge in [0.2, 0.25) is 0 Å². The van der Waals surface area contributed by atoms with Gasteiger partial charge in [-0.05, 0) is 71.8 Å². The minimum atomic E-state index is -0.890. The molecule has 0 radical (unpaired) electrons. The van der Waals surface area contributed by atoms with Crippen molar-refractivity contribution in [2.75, 3.05) is 31.8 Å². The molecule has 11 nitrogen and oxygen atoms in total. The van der Waals surface area contributed by atoms with Crippen molar-refractivity contribution < 1.29 is 38.1 Å². The number of anilines is 1. The number of nitrogens with two attached hydrogens (primary N) is 1. The third-order valence-corrected chi connectivity index (χ3v) is 5.77. The molecule has 1 aliphatic rings. The minimum Gasteiger partial charge on any atom is -0.493 e. The van der Waals surface area contributed by atoms with Crippen LogP contribution in [0.25, 0.3) is 6.08 Å². The summed E-state index contributed by atoms with van der Waals surface area (Å²) in [5.41, 5.74) is 5.51. The maximum Gasteiger partial charge on any atom is 0.335 e. The molecule has 5 amide bonds. The van der Waals surface area contributed by atoms with Crippen LogP contribution in [0.3, 0.4) is 0 Å². The number of ether oxygens (including phenoxy) is 4.